The van der Waals surface area contributed by atoms with E-state index in [0.29, 0.717) is 12.2 Å². The first kappa shape index (κ1) is 11.3. The molecular weight excluding hydrogens is 295 g/mol. The SMILES string of the molecule is O=C(Cc1cnccn1)NCCNI. The van der Waals surface area contributed by atoms with Crippen LogP contribution in [0.2, 0.25) is 0 Å². The highest BCUT2D eigenvalue weighted by atomic mass is 127. The van der Waals surface area contributed by atoms with Crippen LogP contribution in [0, 0.1) is 0 Å². The number of hydrogen-bond donors (Lipinski definition) is 2. The molecule has 0 saturated heterocycles. The topological polar surface area (TPSA) is 66.9 Å². The van der Waals surface area contributed by atoms with Crippen LogP contribution in [0.3, 0.4) is 0 Å². The molecule has 14 heavy (non-hydrogen) atoms. The van der Waals surface area contributed by atoms with Crippen molar-refractivity contribution in [2.24, 2.45) is 0 Å². The highest BCUT2D eigenvalue weighted by Gasteiger charge is 2.02. The first-order valence-electron chi connectivity index (χ1n) is 4.18. The third-order valence-electron chi connectivity index (χ3n) is 1.50. The van der Waals surface area contributed by atoms with Gasteiger partial charge in [0.2, 0.25) is 5.91 Å². The molecule has 0 saturated carbocycles. The van der Waals surface area contributed by atoms with Gasteiger partial charge in [-0.1, -0.05) is 0 Å². The summed E-state index contributed by atoms with van der Waals surface area (Å²) in [6.45, 7) is 1.38. The van der Waals surface area contributed by atoms with Crippen molar-refractivity contribution in [1.29, 1.82) is 0 Å². The number of nitrogens with one attached hydrogen (secondary N) is 2. The second-order valence-corrected chi connectivity index (χ2v) is 3.37. The third kappa shape index (κ3) is 4.47. The normalized spacial score (nSPS) is 9.79. The molecule has 0 aliphatic carbocycles. The summed E-state index contributed by atoms with van der Waals surface area (Å²) in [6, 6.07) is 0. The Kier molecular flexibility index (Phi) is 5.38. The van der Waals surface area contributed by atoms with Crippen molar-refractivity contribution in [1.82, 2.24) is 18.8 Å². The molecule has 1 amide bonds. The first-order valence-corrected chi connectivity index (χ1v) is 5.26. The molecule has 0 bridgehead atoms. The van der Waals surface area contributed by atoms with Gasteiger partial charge >= 0.3 is 0 Å². The fraction of sp³-hybridized carbons (Fsp3) is 0.375. The van der Waals surface area contributed by atoms with E-state index < -0.39 is 0 Å². The quantitative estimate of drug-likeness (QED) is 0.459. The van der Waals surface area contributed by atoms with E-state index in [9.17, 15) is 4.79 Å². The molecule has 0 fully saturated rings. The van der Waals surface area contributed by atoms with Gasteiger partial charge in [-0.25, -0.2) is 0 Å². The lowest BCUT2D eigenvalue weighted by Crippen LogP contribution is -2.30. The highest BCUT2D eigenvalue weighted by Crippen LogP contribution is 1.90. The highest BCUT2D eigenvalue weighted by molar-refractivity contribution is 14.1. The van der Waals surface area contributed by atoms with Gasteiger partial charge in [-0.05, 0) is 0 Å². The van der Waals surface area contributed by atoms with E-state index in [0.717, 1.165) is 6.54 Å². The molecule has 0 radical (unpaired) electrons. The van der Waals surface area contributed by atoms with E-state index in [4.69, 9.17) is 0 Å². The Morgan fingerprint density at radius 2 is 2.29 bits per heavy atom. The minimum Gasteiger partial charge on any atom is -0.354 e. The van der Waals surface area contributed by atoms with Crippen LogP contribution in [0.15, 0.2) is 18.6 Å². The van der Waals surface area contributed by atoms with Crippen molar-refractivity contribution in [3.63, 3.8) is 0 Å². The minimum atomic E-state index is -0.0304. The zero-order valence-corrected chi connectivity index (χ0v) is 9.69. The summed E-state index contributed by atoms with van der Waals surface area (Å²) in [6.07, 6.45) is 5.04. The lowest BCUT2D eigenvalue weighted by Gasteiger charge is -2.02. The summed E-state index contributed by atoms with van der Waals surface area (Å²) in [5, 5.41) is 2.76. The number of rotatable bonds is 5. The maximum atomic E-state index is 11.3. The van der Waals surface area contributed by atoms with Gasteiger partial charge in [0.15, 0.2) is 0 Å². The number of aromatic nitrogens is 2. The van der Waals surface area contributed by atoms with Crippen LogP contribution in [0.5, 0.6) is 0 Å². The van der Waals surface area contributed by atoms with E-state index in [2.05, 4.69) is 18.8 Å². The summed E-state index contributed by atoms with van der Waals surface area (Å²) in [5.74, 6) is -0.0304. The molecule has 1 aromatic rings. The number of hydrogen-bond acceptors (Lipinski definition) is 4. The van der Waals surface area contributed by atoms with E-state index in [1.807, 2.05) is 22.9 Å². The molecule has 0 atom stereocenters. The van der Waals surface area contributed by atoms with Gasteiger partial charge in [0, 0.05) is 54.5 Å². The van der Waals surface area contributed by atoms with Gasteiger partial charge in [0.05, 0.1) is 12.1 Å². The van der Waals surface area contributed by atoms with Crippen molar-refractivity contribution in [3.05, 3.63) is 24.3 Å². The molecule has 0 aromatic carbocycles. The molecule has 1 aromatic heterocycles. The fourth-order valence-electron chi connectivity index (χ4n) is 0.897. The Morgan fingerprint density at radius 1 is 1.43 bits per heavy atom. The molecule has 0 spiro atoms. The number of amides is 1. The maximum absolute atomic E-state index is 11.3. The zero-order chi connectivity index (χ0) is 10.2. The van der Waals surface area contributed by atoms with Crippen molar-refractivity contribution in [2.75, 3.05) is 13.1 Å². The number of nitrogens with zero attached hydrogens (tertiary/aromatic N) is 2. The standard InChI is InChI=1S/C8H11IN4O/c9-13-4-3-12-8(14)5-7-6-10-1-2-11-7/h1-2,6,13H,3-5H2,(H,12,14). The molecule has 2 N–H and O–H groups in total. The molecule has 76 valence electrons. The van der Waals surface area contributed by atoms with Gasteiger partial charge < -0.3 is 5.32 Å². The van der Waals surface area contributed by atoms with Crippen molar-refractivity contribution >= 4 is 28.8 Å². The van der Waals surface area contributed by atoms with E-state index >= 15 is 0 Å². The Labute approximate surface area is 96.2 Å². The summed E-state index contributed by atoms with van der Waals surface area (Å²) in [5.41, 5.74) is 0.687. The summed E-state index contributed by atoms with van der Waals surface area (Å²) >= 11 is 2.03. The lowest BCUT2D eigenvalue weighted by molar-refractivity contribution is -0.120. The van der Waals surface area contributed by atoms with Crippen molar-refractivity contribution in [2.45, 2.75) is 6.42 Å². The molecule has 6 heteroatoms. The molecule has 0 unspecified atom stereocenters. The number of carbonyl (C=O) groups is 1. The van der Waals surface area contributed by atoms with E-state index in [1.54, 1.807) is 18.6 Å². The van der Waals surface area contributed by atoms with Crippen LogP contribution in [-0.4, -0.2) is 29.0 Å². The third-order valence-corrected chi connectivity index (χ3v) is 2.04. The van der Waals surface area contributed by atoms with Gasteiger partial charge in [-0.3, -0.25) is 18.3 Å². The Bertz CT molecular complexity index is 280. The van der Waals surface area contributed by atoms with Crippen LogP contribution in [0.4, 0.5) is 0 Å². The van der Waals surface area contributed by atoms with E-state index in [1.165, 1.54) is 0 Å². The predicted molar refractivity (Wildman–Crippen MR) is 60.8 cm³/mol. The monoisotopic (exact) mass is 306 g/mol. The second kappa shape index (κ2) is 6.66. The van der Waals surface area contributed by atoms with Crippen molar-refractivity contribution in [3.8, 4) is 0 Å². The van der Waals surface area contributed by atoms with Crippen LogP contribution >= 0.6 is 22.9 Å². The summed E-state index contributed by atoms with van der Waals surface area (Å²) < 4.78 is 2.91. The fourth-order valence-corrected chi connectivity index (χ4v) is 1.17. The molecular formula is C8H11IN4O. The molecule has 1 heterocycles. The number of carbonyl (C=O) groups excluding carboxylic acids is 1. The smallest absolute Gasteiger partial charge is 0.226 e. The molecule has 0 aliphatic rings. The second-order valence-electron chi connectivity index (χ2n) is 2.61. The maximum Gasteiger partial charge on any atom is 0.226 e. The minimum absolute atomic E-state index is 0.0304. The average molecular weight is 306 g/mol. The zero-order valence-electron chi connectivity index (χ0n) is 7.53. The molecule has 5 nitrogen and oxygen atoms in total. The summed E-state index contributed by atoms with van der Waals surface area (Å²) in [4.78, 5) is 19.2. The van der Waals surface area contributed by atoms with Crippen LogP contribution < -0.4 is 8.85 Å². The van der Waals surface area contributed by atoms with Crippen molar-refractivity contribution < 1.29 is 4.79 Å². The Morgan fingerprint density at radius 3 is 2.93 bits per heavy atom. The molecule has 0 aliphatic heterocycles. The van der Waals surface area contributed by atoms with Gasteiger partial charge in [0.25, 0.3) is 0 Å². The number of halogens is 1. The van der Waals surface area contributed by atoms with E-state index in [-0.39, 0.29) is 12.3 Å². The summed E-state index contributed by atoms with van der Waals surface area (Å²) in [7, 11) is 0. The van der Waals surface area contributed by atoms with Gasteiger partial charge in [0.1, 0.15) is 0 Å². The van der Waals surface area contributed by atoms with Gasteiger partial charge in [-0.15, -0.1) is 0 Å². The first-order chi connectivity index (χ1) is 6.83. The largest absolute Gasteiger partial charge is 0.354 e. The molecule has 1 rings (SSSR count). The average Bonchev–Trinajstić information content (AvgIpc) is 2.20. The van der Waals surface area contributed by atoms with Crippen LogP contribution in [0.1, 0.15) is 5.69 Å². The Hall–Kier alpha value is -0.760. The lowest BCUT2D eigenvalue weighted by atomic mass is 10.3. The Balaban J connectivity index is 2.27. The van der Waals surface area contributed by atoms with Crippen LogP contribution in [-0.2, 0) is 11.2 Å². The predicted octanol–water partition coefficient (Wildman–Crippen LogP) is 0.0749. The van der Waals surface area contributed by atoms with Gasteiger partial charge in [-0.2, -0.15) is 0 Å². The van der Waals surface area contributed by atoms with Crippen LogP contribution in [0.25, 0.3) is 0 Å².